The molecule has 0 amide bonds. The maximum Gasteiger partial charge on any atom is 0.334 e. The lowest BCUT2D eigenvalue weighted by Crippen LogP contribution is -2.27. The number of ether oxygens (including phenoxy) is 1. The highest BCUT2D eigenvalue weighted by Crippen LogP contribution is 2.27. The van der Waals surface area contributed by atoms with Gasteiger partial charge in [0.1, 0.15) is 0 Å². The van der Waals surface area contributed by atoms with Crippen molar-refractivity contribution in [2.24, 2.45) is 5.92 Å². The summed E-state index contributed by atoms with van der Waals surface area (Å²) in [5.41, 5.74) is 0. The van der Waals surface area contributed by atoms with E-state index in [-0.39, 0.29) is 0 Å². The maximum atomic E-state index is 11.4. The quantitative estimate of drug-likeness (QED) is 0.561. The molecular formula is C13H24O3. The number of carbonyl (C=O) groups is 1. The summed E-state index contributed by atoms with van der Waals surface area (Å²) in [6.07, 6.45) is 7.65. The summed E-state index contributed by atoms with van der Waals surface area (Å²) >= 11 is 0. The standard InChI is InChI=1S/C13H24O3/c1-2-3-9-16-13(15)12(14)10-11-7-5-4-6-8-11/h11-12,14H,2-10H2,1H3. The van der Waals surface area contributed by atoms with Gasteiger partial charge in [-0.15, -0.1) is 0 Å². The first-order valence-electron chi connectivity index (χ1n) is 6.58. The van der Waals surface area contributed by atoms with Crippen molar-refractivity contribution in [1.82, 2.24) is 0 Å². The van der Waals surface area contributed by atoms with Gasteiger partial charge < -0.3 is 9.84 Å². The van der Waals surface area contributed by atoms with Crippen molar-refractivity contribution in [1.29, 1.82) is 0 Å². The molecule has 3 heteroatoms. The van der Waals surface area contributed by atoms with Crippen LogP contribution in [0.1, 0.15) is 58.3 Å². The van der Waals surface area contributed by atoms with E-state index in [1.54, 1.807) is 0 Å². The van der Waals surface area contributed by atoms with Crippen LogP contribution < -0.4 is 0 Å². The Labute approximate surface area is 98.2 Å². The van der Waals surface area contributed by atoms with Gasteiger partial charge in [-0.25, -0.2) is 4.79 Å². The minimum atomic E-state index is -0.903. The summed E-state index contributed by atoms with van der Waals surface area (Å²) in [5, 5.41) is 9.69. The van der Waals surface area contributed by atoms with Crippen LogP contribution in [0.25, 0.3) is 0 Å². The molecule has 94 valence electrons. The van der Waals surface area contributed by atoms with Gasteiger partial charge in [0.2, 0.25) is 0 Å². The molecule has 0 heterocycles. The SMILES string of the molecule is CCCCOC(=O)C(O)CC1CCCCC1. The fourth-order valence-corrected chi connectivity index (χ4v) is 2.25. The summed E-state index contributed by atoms with van der Waals surface area (Å²) < 4.78 is 5.00. The van der Waals surface area contributed by atoms with E-state index in [1.165, 1.54) is 19.3 Å². The minimum absolute atomic E-state index is 0.431. The number of carbonyl (C=O) groups excluding carboxylic acids is 1. The third-order valence-corrected chi connectivity index (χ3v) is 3.30. The van der Waals surface area contributed by atoms with Gasteiger partial charge in [-0.1, -0.05) is 45.4 Å². The smallest absolute Gasteiger partial charge is 0.334 e. The Kier molecular flexibility index (Phi) is 6.46. The summed E-state index contributed by atoms with van der Waals surface area (Å²) in [7, 11) is 0. The first-order valence-corrected chi connectivity index (χ1v) is 6.58. The highest BCUT2D eigenvalue weighted by Gasteiger charge is 2.23. The van der Waals surface area contributed by atoms with E-state index in [9.17, 15) is 9.90 Å². The topological polar surface area (TPSA) is 46.5 Å². The molecule has 0 aromatic heterocycles. The molecule has 1 rings (SSSR count). The Morgan fingerprint density at radius 3 is 2.69 bits per heavy atom. The molecule has 0 aromatic carbocycles. The number of rotatable bonds is 6. The number of unbranched alkanes of at least 4 members (excludes halogenated alkanes) is 1. The van der Waals surface area contributed by atoms with Gasteiger partial charge in [0.05, 0.1) is 6.61 Å². The van der Waals surface area contributed by atoms with Gasteiger partial charge in [0, 0.05) is 0 Å². The predicted octanol–water partition coefficient (Wildman–Crippen LogP) is 2.66. The average molecular weight is 228 g/mol. The normalized spacial score (nSPS) is 19.4. The van der Waals surface area contributed by atoms with Crippen molar-refractivity contribution < 1.29 is 14.6 Å². The van der Waals surface area contributed by atoms with E-state index in [1.807, 2.05) is 6.92 Å². The van der Waals surface area contributed by atoms with Gasteiger partial charge in [0.15, 0.2) is 6.10 Å². The van der Waals surface area contributed by atoms with Gasteiger partial charge >= 0.3 is 5.97 Å². The van der Waals surface area contributed by atoms with Crippen LogP contribution >= 0.6 is 0 Å². The fraction of sp³-hybridized carbons (Fsp3) is 0.923. The molecule has 1 N–H and O–H groups in total. The highest BCUT2D eigenvalue weighted by atomic mass is 16.5. The van der Waals surface area contributed by atoms with E-state index in [4.69, 9.17) is 4.74 Å². The average Bonchev–Trinajstić information content (AvgIpc) is 2.30. The molecule has 0 spiro atoms. The molecule has 1 aliphatic carbocycles. The minimum Gasteiger partial charge on any atom is -0.464 e. The summed E-state index contributed by atoms with van der Waals surface area (Å²) in [4.78, 5) is 11.4. The van der Waals surface area contributed by atoms with Crippen molar-refractivity contribution in [2.75, 3.05) is 6.61 Å². The van der Waals surface area contributed by atoms with Gasteiger partial charge in [-0.3, -0.25) is 0 Å². The first kappa shape index (κ1) is 13.5. The molecule has 1 aliphatic rings. The number of hydrogen-bond donors (Lipinski definition) is 1. The Bertz CT molecular complexity index is 197. The number of aliphatic hydroxyl groups is 1. The van der Waals surface area contributed by atoms with Crippen LogP contribution in [0.3, 0.4) is 0 Å². The Balaban J connectivity index is 2.16. The molecule has 0 saturated heterocycles. The second-order valence-electron chi connectivity index (χ2n) is 4.78. The monoisotopic (exact) mass is 228 g/mol. The van der Waals surface area contributed by atoms with Crippen LogP contribution in [0.2, 0.25) is 0 Å². The zero-order valence-electron chi connectivity index (χ0n) is 10.3. The molecule has 0 radical (unpaired) electrons. The molecule has 16 heavy (non-hydrogen) atoms. The Hall–Kier alpha value is -0.570. The second-order valence-corrected chi connectivity index (χ2v) is 4.78. The van der Waals surface area contributed by atoms with Gasteiger partial charge in [0.25, 0.3) is 0 Å². The number of hydrogen-bond acceptors (Lipinski definition) is 3. The van der Waals surface area contributed by atoms with Crippen molar-refractivity contribution in [3.8, 4) is 0 Å². The lowest BCUT2D eigenvalue weighted by molar-refractivity contribution is -0.154. The Morgan fingerprint density at radius 2 is 2.06 bits per heavy atom. The molecule has 1 unspecified atom stereocenters. The van der Waals surface area contributed by atoms with Crippen LogP contribution in [0.15, 0.2) is 0 Å². The molecule has 0 aliphatic heterocycles. The van der Waals surface area contributed by atoms with Gasteiger partial charge in [-0.05, 0) is 18.8 Å². The molecule has 1 fully saturated rings. The summed E-state index contributed by atoms with van der Waals surface area (Å²) in [6, 6.07) is 0. The zero-order chi connectivity index (χ0) is 11.8. The van der Waals surface area contributed by atoms with Crippen LogP contribution in [-0.4, -0.2) is 23.8 Å². The van der Waals surface area contributed by atoms with Crippen molar-refractivity contribution >= 4 is 5.97 Å². The van der Waals surface area contributed by atoms with E-state index in [2.05, 4.69) is 0 Å². The van der Waals surface area contributed by atoms with E-state index in [0.29, 0.717) is 18.9 Å². The fourth-order valence-electron chi connectivity index (χ4n) is 2.25. The van der Waals surface area contributed by atoms with Crippen LogP contribution in [0, 0.1) is 5.92 Å². The third-order valence-electron chi connectivity index (χ3n) is 3.30. The maximum absolute atomic E-state index is 11.4. The molecule has 0 bridgehead atoms. The van der Waals surface area contributed by atoms with Crippen molar-refractivity contribution in [3.05, 3.63) is 0 Å². The predicted molar refractivity (Wildman–Crippen MR) is 63.1 cm³/mol. The molecule has 1 atom stereocenters. The zero-order valence-corrected chi connectivity index (χ0v) is 10.3. The molecule has 3 nitrogen and oxygen atoms in total. The number of esters is 1. The van der Waals surface area contributed by atoms with Crippen LogP contribution in [-0.2, 0) is 9.53 Å². The van der Waals surface area contributed by atoms with Gasteiger partial charge in [-0.2, -0.15) is 0 Å². The van der Waals surface area contributed by atoms with E-state index < -0.39 is 12.1 Å². The Morgan fingerprint density at radius 1 is 1.38 bits per heavy atom. The molecule has 1 saturated carbocycles. The van der Waals surface area contributed by atoms with Crippen molar-refractivity contribution in [2.45, 2.75) is 64.4 Å². The second kappa shape index (κ2) is 7.66. The highest BCUT2D eigenvalue weighted by molar-refractivity contribution is 5.74. The van der Waals surface area contributed by atoms with Crippen LogP contribution in [0.5, 0.6) is 0 Å². The van der Waals surface area contributed by atoms with E-state index in [0.717, 1.165) is 25.7 Å². The largest absolute Gasteiger partial charge is 0.464 e. The molecule has 0 aromatic rings. The third kappa shape index (κ3) is 4.97. The van der Waals surface area contributed by atoms with Crippen molar-refractivity contribution in [3.63, 3.8) is 0 Å². The summed E-state index contributed by atoms with van der Waals surface area (Å²) in [6.45, 7) is 2.49. The first-order chi connectivity index (χ1) is 7.74. The number of aliphatic hydroxyl groups excluding tert-OH is 1. The summed E-state index contributed by atoms with van der Waals surface area (Å²) in [5.74, 6) is 0.0847. The lowest BCUT2D eigenvalue weighted by Gasteiger charge is -2.23. The molecular weight excluding hydrogens is 204 g/mol. The van der Waals surface area contributed by atoms with E-state index >= 15 is 0 Å². The van der Waals surface area contributed by atoms with Crippen LogP contribution in [0.4, 0.5) is 0 Å². The lowest BCUT2D eigenvalue weighted by atomic mass is 9.85.